The van der Waals surface area contributed by atoms with Crippen LogP contribution in [0.1, 0.15) is 50.7 Å². The highest BCUT2D eigenvalue weighted by atomic mass is 16.3. The first-order valence-electron chi connectivity index (χ1n) is 7.96. The third kappa shape index (κ3) is 4.85. The number of amides is 1. The summed E-state index contributed by atoms with van der Waals surface area (Å²) in [6, 6.07) is 7.89. The van der Waals surface area contributed by atoms with Gasteiger partial charge in [-0.25, -0.2) is 0 Å². The number of carbonyl (C=O) groups excluding carboxylic acids is 1. The van der Waals surface area contributed by atoms with Crippen molar-refractivity contribution in [1.29, 1.82) is 0 Å². The lowest BCUT2D eigenvalue weighted by Gasteiger charge is -2.33. The third-order valence-electron chi connectivity index (χ3n) is 4.63. The quantitative estimate of drug-likeness (QED) is 0.875. The molecule has 1 aromatic rings. The second-order valence-electron chi connectivity index (χ2n) is 6.95. The average Bonchev–Trinajstić information content (AvgIpc) is 2.47. The second-order valence-corrected chi connectivity index (χ2v) is 6.95. The molecule has 2 N–H and O–H groups in total. The fraction of sp³-hybridized carbons (Fsp3) is 0.611. The van der Waals surface area contributed by atoms with Gasteiger partial charge in [-0.05, 0) is 48.6 Å². The zero-order valence-corrected chi connectivity index (χ0v) is 13.2. The second kappa shape index (κ2) is 7.08. The first-order chi connectivity index (χ1) is 10.00. The number of aliphatic hydroxyl groups is 1. The molecule has 0 bridgehead atoms. The number of nitrogens with one attached hydrogen (secondary N) is 1. The fourth-order valence-electron chi connectivity index (χ4n) is 2.95. The fourth-order valence-corrected chi connectivity index (χ4v) is 2.95. The van der Waals surface area contributed by atoms with Crippen LogP contribution in [0.3, 0.4) is 0 Å². The highest BCUT2D eigenvalue weighted by molar-refractivity contribution is 5.78. The molecule has 0 heterocycles. The predicted octanol–water partition coefficient (Wildman–Crippen LogP) is 3.05. The smallest absolute Gasteiger partial charge is 0.223 e. The summed E-state index contributed by atoms with van der Waals surface area (Å²) in [5.41, 5.74) is 2.52. The van der Waals surface area contributed by atoms with Crippen LogP contribution >= 0.6 is 0 Å². The van der Waals surface area contributed by atoms with E-state index in [0.29, 0.717) is 12.0 Å². The van der Waals surface area contributed by atoms with Crippen molar-refractivity contribution in [2.75, 3.05) is 6.54 Å². The van der Waals surface area contributed by atoms with Crippen molar-refractivity contribution >= 4 is 5.91 Å². The summed E-state index contributed by atoms with van der Waals surface area (Å²) < 4.78 is 0. The Balaban J connectivity index is 1.71. The Morgan fingerprint density at radius 2 is 1.76 bits per heavy atom. The first-order valence-corrected chi connectivity index (χ1v) is 7.96. The zero-order valence-electron chi connectivity index (χ0n) is 13.2. The van der Waals surface area contributed by atoms with Gasteiger partial charge in [0.1, 0.15) is 0 Å². The van der Waals surface area contributed by atoms with Crippen molar-refractivity contribution in [3.05, 3.63) is 35.4 Å². The van der Waals surface area contributed by atoms with E-state index in [0.717, 1.165) is 37.7 Å². The number of rotatable bonds is 5. The molecule has 0 aromatic heterocycles. The maximum Gasteiger partial charge on any atom is 0.223 e. The summed E-state index contributed by atoms with van der Waals surface area (Å²) in [6.45, 7) is 5.35. The zero-order chi connectivity index (χ0) is 15.3. The first kappa shape index (κ1) is 16.0. The lowest BCUT2D eigenvalue weighted by Crippen LogP contribution is -2.35. The van der Waals surface area contributed by atoms with Crippen LogP contribution < -0.4 is 5.32 Å². The molecule has 1 saturated carbocycles. The number of hydrogen-bond donors (Lipinski definition) is 2. The third-order valence-corrected chi connectivity index (χ3v) is 4.63. The minimum atomic E-state index is 0.0784. The van der Waals surface area contributed by atoms with Gasteiger partial charge in [0.2, 0.25) is 5.91 Å². The molecule has 116 valence electrons. The van der Waals surface area contributed by atoms with Crippen LogP contribution in [-0.2, 0) is 17.8 Å². The van der Waals surface area contributed by atoms with Crippen LogP contribution in [0.25, 0.3) is 0 Å². The van der Waals surface area contributed by atoms with Crippen LogP contribution in [-0.4, -0.2) is 17.6 Å². The summed E-state index contributed by atoms with van der Waals surface area (Å²) in [4.78, 5) is 12.2. The summed E-state index contributed by atoms with van der Waals surface area (Å²) in [6.07, 6.45) is 5.17. The topological polar surface area (TPSA) is 49.3 Å². The van der Waals surface area contributed by atoms with Gasteiger partial charge in [0.05, 0.1) is 6.61 Å². The highest BCUT2D eigenvalue weighted by Crippen LogP contribution is 2.37. The van der Waals surface area contributed by atoms with Crippen molar-refractivity contribution in [3.8, 4) is 0 Å². The van der Waals surface area contributed by atoms with Crippen LogP contribution in [0.2, 0.25) is 0 Å². The predicted molar refractivity (Wildman–Crippen MR) is 84.8 cm³/mol. The van der Waals surface area contributed by atoms with Gasteiger partial charge in [-0.3, -0.25) is 4.79 Å². The maximum atomic E-state index is 12.2. The van der Waals surface area contributed by atoms with E-state index in [1.54, 1.807) is 0 Å². The Labute approximate surface area is 127 Å². The van der Waals surface area contributed by atoms with E-state index in [9.17, 15) is 4.79 Å². The van der Waals surface area contributed by atoms with Crippen molar-refractivity contribution < 1.29 is 9.90 Å². The number of hydrogen-bond acceptors (Lipinski definition) is 2. The molecule has 2 rings (SSSR count). The maximum absolute atomic E-state index is 12.2. The molecule has 1 fully saturated rings. The Bertz CT molecular complexity index is 455. The van der Waals surface area contributed by atoms with Gasteiger partial charge in [-0.1, -0.05) is 38.1 Å². The Kier molecular flexibility index (Phi) is 5.40. The van der Waals surface area contributed by atoms with Crippen molar-refractivity contribution in [1.82, 2.24) is 5.32 Å². The van der Waals surface area contributed by atoms with E-state index in [1.165, 1.54) is 5.56 Å². The summed E-state index contributed by atoms with van der Waals surface area (Å²) >= 11 is 0. The van der Waals surface area contributed by atoms with Gasteiger partial charge in [0.25, 0.3) is 0 Å². The minimum Gasteiger partial charge on any atom is -0.392 e. The monoisotopic (exact) mass is 289 g/mol. The molecule has 21 heavy (non-hydrogen) atoms. The minimum absolute atomic E-state index is 0.0784. The summed E-state index contributed by atoms with van der Waals surface area (Å²) in [5, 5.41) is 12.1. The van der Waals surface area contributed by atoms with Crippen molar-refractivity contribution in [2.24, 2.45) is 11.3 Å². The molecule has 0 unspecified atom stereocenters. The molecule has 1 aliphatic rings. The van der Waals surface area contributed by atoms with Crippen molar-refractivity contribution in [3.63, 3.8) is 0 Å². The molecule has 1 amide bonds. The van der Waals surface area contributed by atoms with Gasteiger partial charge >= 0.3 is 0 Å². The molecule has 3 heteroatoms. The van der Waals surface area contributed by atoms with E-state index in [2.05, 4.69) is 19.2 Å². The van der Waals surface area contributed by atoms with Gasteiger partial charge in [0, 0.05) is 12.5 Å². The standard InChI is InChI=1S/C18H27NO2/c1-18(2)10-7-16(8-11-18)17(21)19-12-9-14-3-5-15(13-20)6-4-14/h3-6,16,20H,7-13H2,1-2H3,(H,19,21). The lowest BCUT2D eigenvalue weighted by molar-refractivity contribution is -0.126. The molecule has 1 aliphatic carbocycles. The largest absolute Gasteiger partial charge is 0.392 e. The molecule has 0 atom stereocenters. The van der Waals surface area contributed by atoms with E-state index in [1.807, 2.05) is 24.3 Å². The lowest BCUT2D eigenvalue weighted by atomic mass is 9.73. The number of aliphatic hydroxyl groups excluding tert-OH is 1. The average molecular weight is 289 g/mol. The van der Waals surface area contributed by atoms with E-state index in [-0.39, 0.29) is 18.4 Å². The molecular formula is C18H27NO2. The SMILES string of the molecule is CC1(C)CCC(C(=O)NCCc2ccc(CO)cc2)CC1. The molecular weight excluding hydrogens is 262 g/mol. The van der Waals surface area contributed by atoms with E-state index in [4.69, 9.17) is 5.11 Å². The van der Waals surface area contributed by atoms with E-state index < -0.39 is 0 Å². The highest BCUT2D eigenvalue weighted by Gasteiger charge is 2.30. The Morgan fingerprint density at radius 1 is 1.19 bits per heavy atom. The molecule has 0 radical (unpaired) electrons. The molecule has 0 spiro atoms. The number of benzene rings is 1. The molecule has 1 aromatic carbocycles. The van der Waals surface area contributed by atoms with Gasteiger partial charge in [0.15, 0.2) is 0 Å². The van der Waals surface area contributed by atoms with Crippen LogP contribution in [0, 0.1) is 11.3 Å². The summed E-state index contributed by atoms with van der Waals surface area (Å²) in [5.74, 6) is 0.423. The molecule has 0 saturated heterocycles. The van der Waals surface area contributed by atoms with Gasteiger partial charge < -0.3 is 10.4 Å². The molecule has 3 nitrogen and oxygen atoms in total. The Morgan fingerprint density at radius 3 is 2.33 bits per heavy atom. The van der Waals surface area contributed by atoms with Crippen molar-refractivity contribution in [2.45, 2.75) is 52.6 Å². The van der Waals surface area contributed by atoms with E-state index >= 15 is 0 Å². The van der Waals surface area contributed by atoms with Gasteiger partial charge in [-0.2, -0.15) is 0 Å². The van der Waals surface area contributed by atoms with Crippen LogP contribution in [0.4, 0.5) is 0 Å². The van der Waals surface area contributed by atoms with Crippen LogP contribution in [0.5, 0.6) is 0 Å². The molecule has 0 aliphatic heterocycles. The number of carbonyl (C=O) groups is 1. The Hall–Kier alpha value is -1.35. The normalized spacial score (nSPS) is 18.4. The van der Waals surface area contributed by atoms with Crippen LogP contribution in [0.15, 0.2) is 24.3 Å². The summed E-state index contributed by atoms with van der Waals surface area (Å²) in [7, 11) is 0. The van der Waals surface area contributed by atoms with Gasteiger partial charge in [-0.15, -0.1) is 0 Å².